The van der Waals surface area contributed by atoms with E-state index in [1.807, 2.05) is 35.0 Å². The highest BCUT2D eigenvalue weighted by Gasteiger charge is 2.11. The zero-order chi connectivity index (χ0) is 21.9. The lowest BCUT2D eigenvalue weighted by Gasteiger charge is -2.28. The monoisotopic (exact) mass is 422 g/mol. The second-order valence-corrected chi connectivity index (χ2v) is 6.89. The average Bonchev–Trinajstić information content (AvgIpc) is 3.34. The van der Waals surface area contributed by atoms with Crippen LogP contribution < -0.4 is 10.2 Å². The van der Waals surface area contributed by atoms with Gasteiger partial charge < -0.3 is 24.6 Å². The Morgan fingerprint density at radius 3 is 2.26 bits per heavy atom. The molecule has 8 heteroatoms. The van der Waals surface area contributed by atoms with Crippen LogP contribution in [0.25, 0.3) is 11.1 Å². The van der Waals surface area contributed by atoms with Gasteiger partial charge in [-0.3, -0.25) is 9.59 Å². The maximum Gasteiger partial charge on any atom is 0.290 e. The molecule has 1 aliphatic rings. The summed E-state index contributed by atoms with van der Waals surface area (Å²) in [5.41, 5.74) is 4.13. The van der Waals surface area contributed by atoms with E-state index in [1.165, 1.54) is 5.69 Å². The van der Waals surface area contributed by atoms with Crippen LogP contribution in [0.2, 0.25) is 0 Å². The number of anilines is 1. The molecule has 4 rings (SSSR count). The molecular formula is C23H26N4O4. The van der Waals surface area contributed by atoms with Gasteiger partial charge in [0.2, 0.25) is 0 Å². The fraction of sp³-hybridized carbons (Fsp3) is 0.261. The summed E-state index contributed by atoms with van der Waals surface area (Å²) in [6.07, 6.45) is 5.35. The number of carboxylic acid groups (broad SMARTS) is 1. The van der Waals surface area contributed by atoms with Crippen molar-refractivity contribution in [3.63, 3.8) is 0 Å². The van der Waals surface area contributed by atoms with Crippen LogP contribution in [-0.2, 0) is 16.1 Å². The molecule has 0 bridgehead atoms. The van der Waals surface area contributed by atoms with Crippen LogP contribution in [0.5, 0.6) is 0 Å². The van der Waals surface area contributed by atoms with Gasteiger partial charge in [-0.15, -0.1) is 0 Å². The normalized spacial score (nSPS) is 13.1. The van der Waals surface area contributed by atoms with Crippen molar-refractivity contribution in [2.45, 2.75) is 6.54 Å². The minimum atomic E-state index is -0.250. The fourth-order valence-electron chi connectivity index (χ4n) is 3.32. The van der Waals surface area contributed by atoms with Crippen LogP contribution >= 0.6 is 0 Å². The summed E-state index contributed by atoms with van der Waals surface area (Å²) in [4.78, 5) is 27.0. The van der Waals surface area contributed by atoms with Crippen molar-refractivity contribution in [2.24, 2.45) is 0 Å². The van der Waals surface area contributed by atoms with E-state index in [9.17, 15) is 4.79 Å². The fourth-order valence-corrected chi connectivity index (χ4v) is 3.32. The molecule has 0 saturated carbocycles. The third kappa shape index (κ3) is 6.42. The lowest BCUT2D eigenvalue weighted by Crippen LogP contribution is -2.36. The molecule has 1 saturated heterocycles. The Kier molecular flexibility index (Phi) is 8.19. The summed E-state index contributed by atoms with van der Waals surface area (Å²) >= 11 is 0. The molecule has 0 aliphatic carbocycles. The number of hydrogen-bond donors (Lipinski definition) is 2. The molecule has 1 aromatic heterocycles. The van der Waals surface area contributed by atoms with Gasteiger partial charge >= 0.3 is 0 Å². The van der Waals surface area contributed by atoms with Crippen LogP contribution in [0.1, 0.15) is 10.4 Å². The number of nitrogens with one attached hydrogen (secondary N) is 1. The molecule has 3 aromatic rings. The SMILES string of the molecule is O=C(NCCn1ccnc1)c1ccc(-c2ccc(N3CCOCC3)cc2)cc1.O=CO. The van der Waals surface area contributed by atoms with E-state index in [-0.39, 0.29) is 12.4 Å². The van der Waals surface area contributed by atoms with Crippen LogP contribution in [0, 0.1) is 0 Å². The van der Waals surface area contributed by atoms with E-state index < -0.39 is 0 Å². The number of carbonyl (C=O) groups is 2. The summed E-state index contributed by atoms with van der Waals surface area (Å²) in [6, 6.07) is 16.3. The first-order valence-corrected chi connectivity index (χ1v) is 10.1. The van der Waals surface area contributed by atoms with E-state index in [2.05, 4.69) is 39.5 Å². The second kappa shape index (κ2) is 11.5. The molecule has 2 N–H and O–H groups in total. The Bertz CT molecular complexity index is 935. The summed E-state index contributed by atoms with van der Waals surface area (Å²) in [6.45, 7) is 4.47. The predicted octanol–water partition coefficient (Wildman–Crippen LogP) is 2.52. The molecule has 2 heterocycles. The number of amides is 1. The van der Waals surface area contributed by atoms with Crippen molar-refractivity contribution < 1.29 is 19.4 Å². The first-order chi connectivity index (χ1) is 15.2. The van der Waals surface area contributed by atoms with Gasteiger partial charge in [0.25, 0.3) is 12.4 Å². The standard InChI is InChI=1S/C22H24N4O2.CH2O2/c27-22(24-10-12-25-11-9-23-17-25)20-3-1-18(2-4-20)19-5-7-21(8-6-19)26-13-15-28-16-14-26;2-1-3/h1-9,11,17H,10,12-16H2,(H,24,27);1H,(H,2,3). The summed E-state index contributed by atoms with van der Waals surface area (Å²) < 4.78 is 7.34. The number of rotatable bonds is 6. The molecule has 2 aromatic carbocycles. The molecule has 31 heavy (non-hydrogen) atoms. The molecule has 162 valence electrons. The van der Waals surface area contributed by atoms with E-state index in [0.717, 1.165) is 37.4 Å². The minimum absolute atomic E-state index is 0.0608. The van der Waals surface area contributed by atoms with E-state index >= 15 is 0 Å². The maximum absolute atomic E-state index is 12.3. The first kappa shape index (κ1) is 22.0. The van der Waals surface area contributed by atoms with Crippen molar-refractivity contribution >= 4 is 18.1 Å². The van der Waals surface area contributed by atoms with Gasteiger partial charge in [0.15, 0.2) is 0 Å². The Labute approximate surface area is 181 Å². The highest BCUT2D eigenvalue weighted by molar-refractivity contribution is 5.94. The number of benzene rings is 2. The number of morpholine rings is 1. The molecule has 1 amide bonds. The third-order valence-electron chi connectivity index (χ3n) is 4.94. The van der Waals surface area contributed by atoms with E-state index in [0.29, 0.717) is 18.7 Å². The van der Waals surface area contributed by atoms with Crippen LogP contribution in [0.4, 0.5) is 5.69 Å². The Morgan fingerprint density at radius 1 is 1.06 bits per heavy atom. The number of carbonyl (C=O) groups excluding carboxylic acids is 1. The van der Waals surface area contributed by atoms with E-state index in [1.54, 1.807) is 12.5 Å². The van der Waals surface area contributed by atoms with Crippen LogP contribution in [0.15, 0.2) is 67.3 Å². The van der Waals surface area contributed by atoms with Gasteiger partial charge in [0.1, 0.15) is 0 Å². The number of aromatic nitrogens is 2. The Balaban J connectivity index is 0.000000858. The van der Waals surface area contributed by atoms with E-state index in [4.69, 9.17) is 14.6 Å². The molecule has 1 fully saturated rings. The van der Waals surface area contributed by atoms with Crippen molar-refractivity contribution in [1.82, 2.24) is 14.9 Å². The number of nitrogens with zero attached hydrogens (tertiary/aromatic N) is 3. The van der Waals surface area contributed by atoms with Crippen LogP contribution in [0.3, 0.4) is 0 Å². The molecule has 1 aliphatic heterocycles. The minimum Gasteiger partial charge on any atom is -0.483 e. The lowest BCUT2D eigenvalue weighted by atomic mass is 10.0. The zero-order valence-corrected chi connectivity index (χ0v) is 17.2. The number of imidazole rings is 1. The summed E-state index contributed by atoms with van der Waals surface area (Å²) in [5.74, 6) is -0.0608. The van der Waals surface area contributed by atoms with Gasteiger partial charge in [-0.05, 0) is 35.4 Å². The van der Waals surface area contributed by atoms with Crippen LogP contribution in [-0.4, -0.2) is 59.9 Å². The van der Waals surface area contributed by atoms with Crippen molar-refractivity contribution in [3.05, 3.63) is 72.8 Å². The number of hydrogen-bond acceptors (Lipinski definition) is 5. The third-order valence-corrected chi connectivity index (χ3v) is 4.94. The van der Waals surface area contributed by atoms with Crippen molar-refractivity contribution in [2.75, 3.05) is 37.7 Å². The average molecular weight is 422 g/mol. The molecule has 0 atom stereocenters. The lowest BCUT2D eigenvalue weighted by molar-refractivity contribution is -0.122. The van der Waals surface area contributed by atoms with Gasteiger partial charge in [-0.2, -0.15) is 0 Å². The second-order valence-electron chi connectivity index (χ2n) is 6.89. The van der Waals surface area contributed by atoms with Crippen molar-refractivity contribution in [3.8, 4) is 11.1 Å². The van der Waals surface area contributed by atoms with Gasteiger partial charge in [0.05, 0.1) is 19.5 Å². The van der Waals surface area contributed by atoms with Gasteiger partial charge in [-0.1, -0.05) is 24.3 Å². The Morgan fingerprint density at radius 2 is 1.68 bits per heavy atom. The van der Waals surface area contributed by atoms with Gasteiger partial charge in [0, 0.05) is 49.8 Å². The maximum atomic E-state index is 12.3. The number of ether oxygens (including phenoxy) is 1. The Hall–Kier alpha value is -3.65. The van der Waals surface area contributed by atoms with Gasteiger partial charge in [-0.25, -0.2) is 4.98 Å². The zero-order valence-electron chi connectivity index (χ0n) is 17.2. The van der Waals surface area contributed by atoms with Crippen molar-refractivity contribution in [1.29, 1.82) is 0 Å². The largest absolute Gasteiger partial charge is 0.483 e. The smallest absolute Gasteiger partial charge is 0.290 e. The predicted molar refractivity (Wildman–Crippen MR) is 118 cm³/mol. The first-order valence-electron chi connectivity index (χ1n) is 10.1. The topological polar surface area (TPSA) is 96.7 Å². The summed E-state index contributed by atoms with van der Waals surface area (Å²) in [5, 5.41) is 9.83. The molecule has 0 unspecified atom stereocenters. The highest BCUT2D eigenvalue weighted by Crippen LogP contribution is 2.24. The molecular weight excluding hydrogens is 396 g/mol. The highest BCUT2D eigenvalue weighted by atomic mass is 16.5. The summed E-state index contributed by atoms with van der Waals surface area (Å²) in [7, 11) is 0. The molecule has 8 nitrogen and oxygen atoms in total. The molecule has 0 spiro atoms. The molecule has 0 radical (unpaired) electrons. The quantitative estimate of drug-likeness (QED) is 0.593.